The van der Waals surface area contributed by atoms with Gasteiger partial charge in [0.05, 0.1) is 11.5 Å². The Morgan fingerprint density at radius 2 is 1.04 bits per heavy atom. The summed E-state index contributed by atoms with van der Waals surface area (Å²) in [6.45, 7) is 19.8. The van der Waals surface area contributed by atoms with E-state index in [0.29, 0.717) is 11.5 Å². The van der Waals surface area contributed by atoms with Crippen LogP contribution in [-0.4, -0.2) is 0 Å². The van der Waals surface area contributed by atoms with Crippen LogP contribution in [0.2, 0.25) is 0 Å². The van der Waals surface area contributed by atoms with Crippen molar-refractivity contribution in [2.24, 2.45) is 0 Å². The second kappa shape index (κ2) is 6.35. The molecule has 0 saturated carbocycles. The first-order valence-corrected chi connectivity index (χ1v) is 8.26. The second-order valence-electron chi connectivity index (χ2n) is 7.34. The first-order chi connectivity index (χ1) is 11.0. The minimum absolute atomic E-state index is 0.455. The van der Waals surface area contributed by atoms with Crippen molar-refractivity contribution in [2.45, 2.75) is 52.7 Å². The van der Waals surface area contributed by atoms with Gasteiger partial charge in [-0.25, -0.2) is 0 Å². The molecule has 0 N–H and O–H groups in total. The summed E-state index contributed by atoms with van der Waals surface area (Å²) < 4.78 is 12.0. The lowest BCUT2D eigenvalue weighted by molar-refractivity contribution is 0.0335. The molecule has 0 heterocycles. The molecule has 2 heteroatoms. The van der Waals surface area contributed by atoms with Crippen LogP contribution in [0, 0.1) is 0 Å². The zero-order chi connectivity index (χ0) is 18.1. The fourth-order valence-electron chi connectivity index (χ4n) is 3.34. The zero-order valence-corrected chi connectivity index (χ0v) is 15.7. The Labute approximate surface area is 145 Å². The molecule has 2 aromatic rings. The Morgan fingerprint density at radius 1 is 0.708 bits per heavy atom. The Morgan fingerprint density at radius 3 is 1.33 bits per heavy atom. The van der Waals surface area contributed by atoms with Crippen LogP contribution in [0.1, 0.15) is 52.7 Å². The van der Waals surface area contributed by atoms with Crippen LogP contribution in [0.15, 0.2) is 61.1 Å². The van der Waals surface area contributed by atoms with Crippen molar-refractivity contribution >= 4 is 10.8 Å². The fraction of sp³-hybridized carbons (Fsp3) is 0.364. The fourth-order valence-corrected chi connectivity index (χ4v) is 3.34. The van der Waals surface area contributed by atoms with E-state index in [9.17, 15) is 0 Å². The number of fused-ring (bicyclic) bond motifs is 1. The Balaban J connectivity index is 2.67. The topological polar surface area (TPSA) is 18.5 Å². The van der Waals surface area contributed by atoms with E-state index in [1.54, 1.807) is 0 Å². The van der Waals surface area contributed by atoms with Gasteiger partial charge in [0.15, 0.2) is 0 Å². The van der Waals surface area contributed by atoms with Gasteiger partial charge in [0, 0.05) is 11.1 Å². The van der Waals surface area contributed by atoms with E-state index in [4.69, 9.17) is 9.47 Å². The lowest BCUT2D eigenvalue weighted by Gasteiger charge is -2.31. The highest BCUT2D eigenvalue weighted by Crippen LogP contribution is 2.38. The van der Waals surface area contributed by atoms with Gasteiger partial charge in [-0.2, -0.15) is 0 Å². The van der Waals surface area contributed by atoms with Crippen LogP contribution in [-0.2, 0) is 20.7 Å². The maximum atomic E-state index is 5.98. The van der Waals surface area contributed by atoms with E-state index >= 15 is 0 Å². The van der Waals surface area contributed by atoms with Crippen molar-refractivity contribution in [1.82, 2.24) is 0 Å². The molecule has 0 amide bonds. The van der Waals surface area contributed by atoms with E-state index in [0.717, 1.165) is 11.1 Å². The van der Waals surface area contributed by atoms with Crippen LogP contribution < -0.4 is 0 Å². The van der Waals surface area contributed by atoms with Gasteiger partial charge in [-0.15, -0.1) is 0 Å². The largest absolute Gasteiger partial charge is 0.488 e. The molecule has 2 rings (SSSR count). The molecule has 0 bridgehead atoms. The molecule has 0 spiro atoms. The van der Waals surface area contributed by atoms with Crippen LogP contribution in [0.25, 0.3) is 10.8 Å². The predicted octanol–water partition coefficient (Wildman–Crippen LogP) is 6.41. The van der Waals surface area contributed by atoms with Gasteiger partial charge in [0.25, 0.3) is 0 Å². The summed E-state index contributed by atoms with van der Waals surface area (Å²) in [6.07, 6.45) is 0. The molecule has 0 saturated heterocycles. The van der Waals surface area contributed by atoms with Gasteiger partial charge in [0.1, 0.15) is 11.2 Å². The highest BCUT2D eigenvalue weighted by molar-refractivity contribution is 5.90. The van der Waals surface area contributed by atoms with Crippen molar-refractivity contribution < 1.29 is 9.47 Å². The summed E-state index contributed by atoms with van der Waals surface area (Å²) in [6, 6.07) is 12.6. The highest BCUT2D eigenvalue weighted by Gasteiger charge is 2.28. The molecule has 0 radical (unpaired) electrons. The molecular formula is C22H28O2. The smallest absolute Gasteiger partial charge is 0.128 e. The maximum Gasteiger partial charge on any atom is 0.128 e. The van der Waals surface area contributed by atoms with Crippen molar-refractivity contribution in [3.05, 3.63) is 72.2 Å². The van der Waals surface area contributed by atoms with Gasteiger partial charge in [-0.05, 0) is 52.3 Å². The number of allylic oxidation sites excluding steroid dienone is 2. The first kappa shape index (κ1) is 18.1. The van der Waals surface area contributed by atoms with Gasteiger partial charge >= 0.3 is 0 Å². The summed E-state index contributed by atoms with van der Waals surface area (Å²) in [5.41, 5.74) is 1.36. The molecular weight excluding hydrogens is 296 g/mol. The lowest BCUT2D eigenvalue weighted by Crippen LogP contribution is -2.23. The second-order valence-corrected chi connectivity index (χ2v) is 7.34. The third kappa shape index (κ3) is 3.64. The van der Waals surface area contributed by atoms with E-state index in [-0.39, 0.29) is 0 Å². The Hall–Kier alpha value is -2.22. The zero-order valence-electron chi connectivity index (χ0n) is 15.7. The monoisotopic (exact) mass is 324 g/mol. The summed E-state index contributed by atoms with van der Waals surface area (Å²) in [5.74, 6) is 1.42. The van der Waals surface area contributed by atoms with Crippen molar-refractivity contribution in [2.75, 3.05) is 0 Å². The maximum absolute atomic E-state index is 5.98. The van der Waals surface area contributed by atoms with Gasteiger partial charge < -0.3 is 9.47 Å². The van der Waals surface area contributed by atoms with E-state index in [2.05, 4.69) is 77.3 Å². The van der Waals surface area contributed by atoms with Gasteiger partial charge in [-0.1, -0.05) is 49.6 Å². The highest BCUT2D eigenvalue weighted by atomic mass is 16.5. The molecule has 2 nitrogen and oxygen atoms in total. The number of hydrogen-bond donors (Lipinski definition) is 0. The summed E-state index contributed by atoms with van der Waals surface area (Å²) in [5, 5.41) is 2.33. The average molecular weight is 324 g/mol. The molecule has 0 aliphatic heterocycles. The standard InChI is InChI=1S/C22H28O2/c1-15(2)23-21(5,6)19-13-9-12-18-17(19)11-10-14-20(18)22(7,8)24-16(3)4/h9-14H,1,3H2,2,4-8H3. The first-order valence-electron chi connectivity index (χ1n) is 8.26. The summed E-state index contributed by atoms with van der Waals surface area (Å²) >= 11 is 0. The van der Waals surface area contributed by atoms with Crippen LogP contribution in [0.5, 0.6) is 0 Å². The van der Waals surface area contributed by atoms with Gasteiger partial charge in [-0.3, -0.25) is 0 Å². The normalized spacial score (nSPS) is 12.1. The molecule has 0 aliphatic carbocycles. The molecule has 0 fully saturated rings. The molecule has 0 aromatic heterocycles. The third-order valence-corrected chi connectivity index (χ3v) is 4.08. The predicted molar refractivity (Wildman–Crippen MR) is 102 cm³/mol. The van der Waals surface area contributed by atoms with E-state index in [1.807, 2.05) is 13.8 Å². The van der Waals surface area contributed by atoms with Crippen molar-refractivity contribution in [3.8, 4) is 0 Å². The van der Waals surface area contributed by atoms with Gasteiger partial charge in [0.2, 0.25) is 0 Å². The van der Waals surface area contributed by atoms with E-state index in [1.165, 1.54) is 10.8 Å². The van der Waals surface area contributed by atoms with E-state index < -0.39 is 11.2 Å². The van der Waals surface area contributed by atoms with Crippen molar-refractivity contribution in [1.29, 1.82) is 0 Å². The lowest BCUT2D eigenvalue weighted by atomic mass is 9.86. The number of ether oxygens (including phenoxy) is 2. The van der Waals surface area contributed by atoms with Crippen LogP contribution >= 0.6 is 0 Å². The quantitative estimate of drug-likeness (QED) is 0.571. The Bertz CT molecular complexity index is 714. The van der Waals surface area contributed by atoms with Crippen molar-refractivity contribution in [3.63, 3.8) is 0 Å². The molecule has 24 heavy (non-hydrogen) atoms. The molecule has 0 atom stereocenters. The number of rotatable bonds is 6. The Kier molecular flexibility index (Phi) is 4.80. The minimum Gasteiger partial charge on any atom is -0.488 e. The average Bonchev–Trinajstić information content (AvgIpc) is 2.43. The summed E-state index contributed by atoms with van der Waals surface area (Å²) in [7, 11) is 0. The molecule has 0 aliphatic rings. The van der Waals surface area contributed by atoms with Crippen LogP contribution in [0.3, 0.4) is 0 Å². The third-order valence-electron chi connectivity index (χ3n) is 4.08. The molecule has 0 unspecified atom stereocenters. The summed E-state index contributed by atoms with van der Waals surface area (Å²) in [4.78, 5) is 0. The molecule has 2 aromatic carbocycles. The van der Waals surface area contributed by atoms with Crippen LogP contribution in [0.4, 0.5) is 0 Å². The minimum atomic E-state index is -0.455. The number of hydrogen-bond acceptors (Lipinski definition) is 2. The molecule has 128 valence electrons. The number of benzene rings is 2. The SMILES string of the molecule is C=C(C)OC(C)(C)c1cccc2c(C(C)(C)OC(=C)C)cccc12.